The molecule has 0 saturated heterocycles. The van der Waals surface area contributed by atoms with Gasteiger partial charge >= 0.3 is 0 Å². The van der Waals surface area contributed by atoms with Gasteiger partial charge in [0.1, 0.15) is 0 Å². The molecule has 0 amide bonds. The second-order valence-electron chi connectivity index (χ2n) is 3.53. The van der Waals surface area contributed by atoms with E-state index in [1.807, 2.05) is 36.7 Å². The molecule has 0 atom stereocenters. The van der Waals surface area contributed by atoms with Crippen LogP contribution in [0.1, 0.15) is 16.1 Å². The first-order chi connectivity index (χ1) is 7.81. The van der Waals surface area contributed by atoms with Crippen molar-refractivity contribution in [1.82, 2.24) is 4.98 Å². The number of hydrogen-bond acceptors (Lipinski definition) is 4. The average Bonchev–Trinajstić information content (AvgIpc) is 2.72. The van der Waals surface area contributed by atoms with Crippen molar-refractivity contribution in [2.45, 2.75) is 20.1 Å². The Bertz CT molecular complexity index is 468. The van der Waals surface area contributed by atoms with E-state index < -0.39 is 0 Å². The highest BCUT2D eigenvalue weighted by molar-refractivity contribution is 7.09. The summed E-state index contributed by atoms with van der Waals surface area (Å²) in [6.07, 6.45) is 0. The third kappa shape index (κ3) is 2.40. The molecule has 0 spiro atoms. The third-order valence-electron chi connectivity index (χ3n) is 2.47. The molecular weight excluding hydrogens is 220 g/mol. The lowest BCUT2D eigenvalue weighted by Gasteiger charge is -2.09. The van der Waals surface area contributed by atoms with Gasteiger partial charge in [0.25, 0.3) is 0 Å². The summed E-state index contributed by atoms with van der Waals surface area (Å²) in [5.41, 5.74) is 4.83. The first kappa shape index (κ1) is 11.1. The minimum atomic E-state index is 0.0604. The van der Waals surface area contributed by atoms with Crippen LogP contribution < -0.4 is 5.32 Å². The Morgan fingerprint density at radius 3 is 2.88 bits per heavy atom. The highest BCUT2D eigenvalue weighted by Crippen LogP contribution is 2.18. The number of anilines is 1. The van der Waals surface area contributed by atoms with Gasteiger partial charge in [-0.2, -0.15) is 0 Å². The van der Waals surface area contributed by atoms with Gasteiger partial charge in [-0.3, -0.25) is 0 Å². The molecule has 16 heavy (non-hydrogen) atoms. The molecular formula is C12H14N2OS. The minimum absolute atomic E-state index is 0.0604. The molecule has 2 aromatic rings. The van der Waals surface area contributed by atoms with E-state index >= 15 is 0 Å². The summed E-state index contributed by atoms with van der Waals surface area (Å²) in [4.78, 5) is 5.43. The Labute approximate surface area is 98.8 Å². The fraction of sp³-hybridized carbons (Fsp3) is 0.250. The molecule has 0 aliphatic heterocycles. The largest absolute Gasteiger partial charge is 0.392 e. The van der Waals surface area contributed by atoms with E-state index in [1.54, 1.807) is 11.3 Å². The maximum atomic E-state index is 9.18. The molecule has 84 valence electrons. The first-order valence-electron chi connectivity index (χ1n) is 5.13. The van der Waals surface area contributed by atoms with E-state index in [0.717, 1.165) is 23.5 Å². The van der Waals surface area contributed by atoms with Crippen LogP contribution in [0.15, 0.2) is 29.8 Å². The van der Waals surface area contributed by atoms with Gasteiger partial charge in [-0.25, -0.2) is 4.98 Å². The zero-order valence-electron chi connectivity index (χ0n) is 9.10. The van der Waals surface area contributed by atoms with Crippen LogP contribution in [0.2, 0.25) is 0 Å². The van der Waals surface area contributed by atoms with E-state index in [9.17, 15) is 5.11 Å². The molecule has 1 heterocycles. The van der Waals surface area contributed by atoms with Crippen molar-refractivity contribution in [3.8, 4) is 0 Å². The number of aliphatic hydroxyl groups excluding tert-OH is 1. The molecule has 4 heteroatoms. The van der Waals surface area contributed by atoms with Crippen LogP contribution in [0.3, 0.4) is 0 Å². The van der Waals surface area contributed by atoms with Crippen LogP contribution in [0.4, 0.5) is 5.69 Å². The van der Waals surface area contributed by atoms with Gasteiger partial charge in [-0.05, 0) is 13.0 Å². The highest BCUT2D eigenvalue weighted by atomic mass is 32.1. The van der Waals surface area contributed by atoms with Crippen molar-refractivity contribution in [1.29, 1.82) is 0 Å². The lowest BCUT2D eigenvalue weighted by Crippen LogP contribution is -2.02. The molecule has 1 aromatic heterocycles. The number of benzene rings is 1. The predicted octanol–water partition coefficient (Wildman–Crippen LogP) is 2.56. The van der Waals surface area contributed by atoms with Crippen LogP contribution >= 0.6 is 11.3 Å². The molecule has 0 radical (unpaired) electrons. The standard InChI is InChI=1S/C12H14N2OS/c1-9-12(16-8-14-9)6-13-11-5-3-2-4-10(11)7-15/h2-5,8,13,15H,6-7H2,1H3. The molecule has 0 saturated carbocycles. The van der Waals surface area contributed by atoms with E-state index in [-0.39, 0.29) is 6.61 Å². The van der Waals surface area contributed by atoms with Crippen molar-refractivity contribution in [2.75, 3.05) is 5.32 Å². The Balaban J connectivity index is 2.07. The summed E-state index contributed by atoms with van der Waals surface area (Å²) in [6, 6.07) is 7.78. The summed E-state index contributed by atoms with van der Waals surface area (Å²) in [6.45, 7) is 2.82. The van der Waals surface area contributed by atoms with Crippen LogP contribution in [0, 0.1) is 6.92 Å². The quantitative estimate of drug-likeness (QED) is 0.854. The Morgan fingerprint density at radius 1 is 1.38 bits per heavy atom. The summed E-state index contributed by atoms with van der Waals surface area (Å²) < 4.78 is 0. The van der Waals surface area contributed by atoms with Gasteiger partial charge in [-0.15, -0.1) is 11.3 Å². The molecule has 0 unspecified atom stereocenters. The molecule has 0 aliphatic rings. The number of aromatic nitrogens is 1. The van der Waals surface area contributed by atoms with E-state index in [4.69, 9.17) is 0 Å². The average molecular weight is 234 g/mol. The number of nitrogens with zero attached hydrogens (tertiary/aromatic N) is 1. The molecule has 1 aromatic carbocycles. The molecule has 0 bridgehead atoms. The van der Waals surface area contributed by atoms with Crippen molar-refractivity contribution in [3.05, 3.63) is 45.9 Å². The van der Waals surface area contributed by atoms with Crippen LogP contribution in [0.5, 0.6) is 0 Å². The predicted molar refractivity (Wildman–Crippen MR) is 66.5 cm³/mol. The monoisotopic (exact) mass is 234 g/mol. The van der Waals surface area contributed by atoms with Gasteiger partial charge in [0.05, 0.1) is 24.4 Å². The fourth-order valence-corrected chi connectivity index (χ4v) is 2.22. The molecule has 3 nitrogen and oxygen atoms in total. The van der Waals surface area contributed by atoms with Crippen molar-refractivity contribution in [2.24, 2.45) is 0 Å². The second-order valence-corrected chi connectivity index (χ2v) is 4.47. The molecule has 2 N–H and O–H groups in total. The minimum Gasteiger partial charge on any atom is -0.392 e. The van der Waals surface area contributed by atoms with Gasteiger partial charge in [0.15, 0.2) is 0 Å². The van der Waals surface area contributed by atoms with E-state index in [2.05, 4.69) is 10.3 Å². The van der Waals surface area contributed by atoms with E-state index in [0.29, 0.717) is 0 Å². The number of para-hydroxylation sites is 1. The van der Waals surface area contributed by atoms with Crippen LogP contribution in [-0.4, -0.2) is 10.1 Å². The van der Waals surface area contributed by atoms with Crippen LogP contribution in [0.25, 0.3) is 0 Å². The lowest BCUT2D eigenvalue weighted by molar-refractivity contribution is 0.282. The Hall–Kier alpha value is -1.39. The Morgan fingerprint density at radius 2 is 2.19 bits per heavy atom. The number of thiazole rings is 1. The Kier molecular flexibility index (Phi) is 3.54. The van der Waals surface area contributed by atoms with Gasteiger partial charge in [0, 0.05) is 16.1 Å². The third-order valence-corrected chi connectivity index (χ3v) is 3.41. The van der Waals surface area contributed by atoms with Crippen LogP contribution in [-0.2, 0) is 13.2 Å². The van der Waals surface area contributed by atoms with Gasteiger partial charge < -0.3 is 10.4 Å². The SMILES string of the molecule is Cc1ncsc1CNc1ccccc1CO. The number of nitrogens with one attached hydrogen (secondary N) is 1. The van der Waals surface area contributed by atoms with Crippen molar-refractivity contribution in [3.63, 3.8) is 0 Å². The smallest absolute Gasteiger partial charge is 0.0798 e. The summed E-state index contributed by atoms with van der Waals surface area (Å²) in [7, 11) is 0. The highest BCUT2D eigenvalue weighted by Gasteiger charge is 2.03. The zero-order chi connectivity index (χ0) is 11.4. The van der Waals surface area contributed by atoms with Crippen molar-refractivity contribution >= 4 is 17.0 Å². The summed E-state index contributed by atoms with van der Waals surface area (Å²) >= 11 is 1.65. The van der Waals surface area contributed by atoms with E-state index in [1.165, 1.54) is 4.88 Å². The molecule has 0 fully saturated rings. The zero-order valence-corrected chi connectivity index (χ0v) is 9.92. The normalized spacial score (nSPS) is 10.4. The number of aliphatic hydroxyl groups is 1. The number of aryl methyl sites for hydroxylation is 1. The topological polar surface area (TPSA) is 45.2 Å². The summed E-state index contributed by atoms with van der Waals surface area (Å²) in [5, 5.41) is 12.5. The van der Waals surface area contributed by atoms with Crippen molar-refractivity contribution < 1.29 is 5.11 Å². The maximum Gasteiger partial charge on any atom is 0.0798 e. The first-order valence-corrected chi connectivity index (χ1v) is 6.01. The number of hydrogen-bond donors (Lipinski definition) is 2. The second kappa shape index (κ2) is 5.09. The van der Waals surface area contributed by atoms with Gasteiger partial charge in [-0.1, -0.05) is 18.2 Å². The summed E-state index contributed by atoms with van der Waals surface area (Å²) in [5.74, 6) is 0. The lowest BCUT2D eigenvalue weighted by atomic mass is 10.2. The number of rotatable bonds is 4. The van der Waals surface area contributed by atoms with Gasteiger partial charge in [0.2, 0.25) is 0 Å². The molecule has 2 rings (SSSR count). The fourth-order valence-electron chi connectivity index (χ4n) is 1.50. The maximum absolute atomic E-state index is 9.18. The molecule has 0 aliphatic carbocycles.